The molecule has 7 heteroatoms. The van der Waals surface area contributed by atoms with Gasteiger partial charge in [0, 0.05) is 22.1 Å². The monoisotopic (exact) mass is 558 g/mol. The van der Waals surface area contributed by atoms with Crippen molar-refractivity contribution in [2.24, 2.45) is 5.92 Å². The van der Waals surface area contributed by atoms with Gasteiger partial charge >= 0.3 is 0 Å². The van der Waals surface area contributed by atoms with Gasteiger partial charge in [-0.1, -0.05) is 77.8 Å². The fourth-order valence-corrected chi connectivity index (χ4v) is 4.51. The molecule has 37 heavy (non-hydrogen) atoms. The van der Waals surface area contributed by atoms with E-state index in [-0.39, 0.29) is 24.3 Å². The molecule has 6 nitrogen and oxygen atoms in total. The SMILES string of the molecule is Cc1ccc(-n2nc(C)c(-c3ccccc3)c2NC(=O)CN(CC(C)C)C(=O)c2ccc(Br)cc2)cc1. The Labute approximate surface area is 226 Å². The van der Waals surface area contributed by atoms with Crippen molar-refractivity contribution < 1.29 is 9.59 Å². The topological polar surface area (TPSA) is 67.2 Å². The zero-order chi connectivity index (χ0) is 26.5. The Hall–Kier alpha value is -3.71. The molecule has 190 valence electrons. The van der Waals surface area contributed by atoms with E-state index in [1.54, 1.807) is 21.7 Å². The first kappa shape index (κ1) is 26.4. The lowest BCUT2D eigenvalue weighted by Gasteiger charge is -2.24. The third kappa shape index (κ3) is 6.35. The van der Waals surface area contributed by atoms with Crippen molar-refractivity contribution in [1.82, 2.24) is 14.7 Å². The quantitative estimate of drug-likeness (QED) is 0.263. The van der Waals surface area contributed by atoms with Gasteiger partial charge in [0.05, 0.1) is 11.4 Å². The van der Waals surface area contributed by atoms with Gasteiger partial charge in [-0.25, -0.2) is 4.68 Å². The van der Waals surface area contributed by atoms with Gasteiger partial charge in [-0.3, -0.25) is 9.59 Å². The number of carbonyl (C=O) groups is 2. The Bertz CT molecular complexity index is 1380. The van der Waals surface area contributed by atoms with Crippen LogP contribution in [0.5, 0.6) is 0 Å². The van der Waals surface area contributed by atoms with E-state index in [0.717, 1.165) is 32.5 Å². The predicted molar refractivity (Wildman–Crippen MR) is 152 cm³/mol. The van der Waals surface area contributed by atoms with Crippen LogP contribution in [0.15, 0.2) is 83.3 Å². The van der Waals surface area contributed by atoms with Crippen molar-refractivity contribution in [3.05, 3.63) is 100 Å². The molecule has 0 atom stereocenters. The van der Waals surface area contributed by atoms with Crippen LogP contribution in [0, 0.1) is 19.8 Å². The molecule has 1 N–H and O–H groups in total. The largest absolute Gasteiger partial charge is 0.329 e. The van der Waals surface area contributed by atoms with Crippen LogP contribution >= 0.6 is 15.9 Å². The summed E-state index contributed by atoms with van der Waals surface area (Å²) in [6.07, 6.45) is 0. The second kappa shape index (κ2) is 11.6. The van der Waals surface area contributed by atoms with E-state index in [1.807, 2.05) is 94.4 Å². The van der Waals surface area contributed by atoms with E-state index < -0.39 is 0 Å². The molecule has 3 aromatic carbocycles. The average Bonchev–Trinajstić information content (AvgIpc) is 3.19. The van der Waals surface area contributed by atoms with Gasteiger partial charge in [0.25, 0.3) is 5.91 Å². The average molecular weight is 560 g/mol. The summed E-state index contributed by atoms with van der Waals surface area (Å²) >= 11 is 3.41. The van der Waals surface area contributed by atoms with Crippen molar-refractivity contribution >= 4 is 33.6 Å². The van der Waals surface area contributed by atoms with Gasteiger partial charge < -0.3 is 10.2 Å². The van der Waals surface area contributed by atoms with Crippen LogP contribution in [-0.4, -0.2) is 39.6 Å². The number of aromatic nitrogens is 2. The van der Waals surface area contributed by atoms with E-state index in [4.69, 9.17) is 5.10 Å². The minimum absolute atomic E-state index is 0.0700. The second-order valence-electron chi connectivity index (χ2n) is 9.56. The van der Waals surface area contributed by atoms with Crippen LogP contribution in [0.4, 0.5) is 5.82 Å². The Morgan fingerprint density at radius 3 is 2.22 bits per heavy atom. The van der Waals surface area contributed by atoms with Crippen LogP contribution in [-0.2, 0) is 4.79 Å². The summed E-state index contributed by atoms with van der Waals surface area (Å²) in [7, 11) is 0. The highest BCUT2D eigenvalue weighted by molar-refractivity contribution is 9.10. The first-order valence-corrected chi connectivity index (χ1v) is 13.1. The molecule has 0 saturated heterocycles. The molecule has 0 saturated carbocycles. The molecule has 1 heterocycles. The van der Waals surface area contributed by atoms with Crippen molar-refractivity contribution in [2.45, 2.75) is 27.7 Å². The highest BCUT2D eigenvalue weighted by Gasteiger charge is 2.24. The number of hydrogen-bond acceptors (Lipinski definition) is 3. The number of nitrogens with zero attached hydrogens (tertiary/aromatic N) is 3. The lowest BCUT2D eigenvalue weighted by atomic mass is 10.1. The summed E-state index contributed by atoms with van der Waals surface area (Å²) in [5.41, 5.74) is 5.13. The maximum absolute atomic E-state index is 13.5. The normalized spacial score (nSPS) is 11.0. The fourth-order valence-electron chi connectivity index (χ4n) is 4.25. The van der Waals surface area contributed by atoms with E-state index in [2.05, 4.69) is 21.2 Å². The smallest absolute Gasteiger partial charge is 0.254 e. The minimum atomic E-state index is -0.281. The number of carbonyl (C=O) groups excluding carboxylic acids is 2. The van der Waals surface area contributed by atoms with Gasteiger partial charge in [0.2, 0.25) is 5.91 Å². The summed E-state index contributed by atoms with van der Waals surface area (Å²) in [6.45, 7) is 8.42. The Morgan fingerprint density at radius 1 is 0.946 bits per heavy atom. The molecular weight excluding hydrogens is 528 g/mol. The third-order valence-corrected chi connectivity index (χ3v) is 6.49. The van der Waals surface area contributed by atoms with Gasteiger partial charge in [-0.05, 0) is 61.7 Å². The van der Waals surface area contributed by atoms with Crippen molar-refractivity contribution in [2.75, 3.05) is 18.4 Å². The molecule has 0 bridgehead atoms. The van der Waals surface area contributed by atoms with Gasteiger partial charge in [0.15, 0.2) is 0 Å². The summed E-state index contributed by atoms with van der Waals surface area (Å²) in [4.78, 5) is 28.4. The zero-order valence-corrected chi connectivity index (χ0v) is 23.1. The molecule has 1 aromatic heterocycles. The number of halogens is 1. The fraction of sp³-hybridized carbons (Fsp3) is 0.233. The van der Waals surface area contributed by atoms with Crippen molar-refractivity contribution in [3.8, 4) is 16.8 Å². The Balaban J connectivity index is 1.68. The maximum Gasteiger partial charge on any atom is 0.254 e. The van der Waals surface area contributed by atoms with Gasteiger partial charge in [-0.2, -0.15) is 5.10 Å². The van der Waals surface area contributed by atoms with Gasteiger partial charge in [-0.15, -0.1) is 0 Å². The molecule has 0 aliphatic carbocycles. The minimum Gasteiger partial charge on any atom is -0.329 e. The summed E-state index contributed by atoms with van der Waals surface area (Å²) in [5, 5.41) is 7.87. The molecular formula is C30H31BrN4O2. The molecule has 2 amide bonds. The molecule has 0 unspecified atom stereocenters. The first-order valence-electron chi connectivity index (χ1n) is 12.3. The molecule has 0 radical (unpaired) electrons. The van der Waals surface area contributed by atoms with Gasteiger partial charge in [0.1, 0.15) is 12.4 Å². The number of anilines is 1. The van der Waals surface area contributed by atoms with Crippen molar-refractivity contribution in [1.29, 1.82) is 0 Å². The highest BCUT2D eigenvalue weighted by Crippen LogP contribution is 2.33. The first-order chi connectivity index (χ1) is 17.7. The summed E-state index contributed by atoms with van der Waals surface area (Å²) < 4.78 is 2.66. The zero-order valence-electron chi connectivity index (χ0n) is 21.5. The molecule has 4 aromatic rings. The number of hydrogen-bond donors (Lipinski definition) is 1. The van der Waals surface area contributed by atoms with E-state index >= 15 is 0 Å². The second-order valence-corrected chi connectivity index (χ2v) is 10.5. The summed E-state index contributed by atoms with van der Waals surface area (Å²) in [6, 6.07) is 25.1. The molecule has 0 spiro atoms. The summed E-state index contributed by atoms with van der Waals surface area (Å²) in [5.74, 6) is 0.324. The lowest BCUT2D eigenvalue weighted by Crippen LogP contribution is -2.40. The van der Waals surface area contributed by atoms with E-state index in [9.17, 15) is 9.59 Å². The Morgan fingerprint density at radius 2 is 1.59 bits per heavy atom. The number of nitrogens with one attached hydrogen (secondary N) is 1. The van der Waals surface area contributed by atoms with Crippen molar-refractivity contribution in [3.63, 3.8) is 0 Å². The molecule has 0 fully saturated rings. The predicted octanol–water partition coefficient (Wildman–Crippen LogP) is 6.66. The Kier molecular flexibility index (Phi) is 8.24. The third-order valence-electron chi connectivity index (χ3n) is 5.96. The maximum atomic E-state index is 13.5. The molecule has 4 rings (SSSR count). The standard InChI is InChI=1S/C30H31BrN4O2/c1-20(2)18-34(30(37)24-12-14-25(31)15-13-24)19-27(36)32-29-28(23-8-6-5-7-9-23)22(4)33-35(29)26-16-10-21(3)11-17-26/h5-17,20H,18-19H2,1-4H3,(H,32,36). The van der Waals surface area contributed by atoms with E-state index in [0.29, 0.717) is 17.9 Å². The highest BCUT2D eigenvalue weighted by atomic mass is 79.9. The van der Waals surface area contributed by atoms with Crippen LogP contribution in [0.2, 0.25) is 0 Å². The molecule has 0 aliphatic heterocycles. The molecule has 0 aliphatic rings. The van der Waals surface area contributed by atoms with Crippen LogP contribution in [0.1, 0.15) is 35.5 Å². The van der Waals surface area contributed by atoms with E-state index in [1.165, 1.54) is 0 Å². The number of benzene rings is 3. The van der Waals surface area contributed by atoms with Crippen LogP contribution in [0.25, 0.3) is 16.8 Å². The van der Waals surface area contributed by atoms with Crippen LogP contribution < -0.4 is 5.32 Å². The van der Waals surface area contributed by atoms with Crippen LogP contribution in [0.3, 0.4) is 0 Å². The lowest BCUT2D eigenvalue weighted by molar-refractivity contribution is -0.117. The number of aryl methyl sites for hydroxylation is 2. The number of amides is 2. The number of rotatable bonds is 8.